The Morgan fingerprint density at radius 1 is 1.03 bits per heavy atom. The predicted octanol–water partition coefficient (Wildman–Crippen LogP) is 4.39. The van der Waals surface area contributed by atoms with Crippen LogP contribution in [0.3, 0.4) is 0 Å². The maximum atomic E-state index is 13.0. The third-order valence-electron chi connectivity index (χ3n) is 5.93. The number of hydrogen-bond acceptors (Lipinski definition) is 4. The lowest BCUT2D eigenvalue weighted by Gasteiger charge is -2.26. The number of nitrogens with zero attached hydrogens (tertiary/aromatic N) is 1. The van der Waals surface area contributed by atoms with E-state index in [1.54, 1.807) is 11.0 Å². The molecular formula is C27H30N2O4. The number of nitrogens with one attached hydrogen (secondary N) is 1. The summed E-state index contributed by atoms with van der Waals surface area (Å²) in [5.41, 5.74) is 2.70. The fourth-order valence-corrected chi connectivity index (χ4v) is 4.17. The van der Waals surface area contributed by atoms with Gasteiger partial charge in [-0.25, -0.2) is 0 Å². The molecular weight excluding hydrogens is 416 g/mol. The summed E-state index contributed by atoms with van der Waals surface area (Å²) in [6.45, 7) is 1.52. The van der Waals surface area contributed by atoms with Crippen LogP contribution in [0.4, 0.5) is 0 Å². The lowest BCUT2D eigenvalue weighted by Crippen LogP contribution is -2.40. The van der Waals surface area contributed by atoms with Crippen molar-refractivity contribution in [1.29, 1.82) is 0 Å². The maximum Gasteiger partial charge on any atom is 0.257 e. The zero-order valence-electron chi connectivity index (χ0n) is 18.7. The van der Waals surface area contributed by atoms with Gasteiger partial charge in [0, 0.05) is 26.1 Å². The van der Waals surface area contributed by atoms with Crippen LogP contribution in [0.1, 0.15) is 46.8 Å². The van der Waals surface area contributed by atoms with Gasteiger partial charge >= 0.3 is 0 Å². The fourth-order valence-electron chi connectivity index (χ4n) is 4.17. The van der Waals surface area contributed by atoms with Gasteiger partial charge < -0.3 is 19.4 Å². The van der Waals surface area contributed by atoms with E-state index in [2.05, 4.69) is 17.4 Å². The normalized spacial score (nSPS) is 16.3. The van der Waals surface area contributed by atoms with E-state index in [-0.39, 0.29) is 30.4 Å². The molecule has 1 N–H and O–H groups in total. The van der Waals surface area contributed by atoms with Crippen LogP contribution in [0.2, 0.25) is 0 Å². The van der Waals surface area contributed by atoms with Crippen LogP contribution >= 0.6 is 0 Å². The molecule has 2 unspecified atom stereocenters. The molecule has 172 valence electrons. The second kappa shape index (κ2) is 11.5. The summed E-state index contributed by atoms with van der Waals surface area (Å²) in [5.74, 6) is -0.229. The monoisotopic (exact) mass is 446 g/mol. The number of rotatable bonds is 10. The molecule has 1 aliphatic heterocycles. The van der Waals surface area contributed by atoms with E-state index in [0.717, 1.165) is 30.6 Å². The zero-order valence-corrected chi connectivity index (χ0v) is 18.7. The van der Waals surface area contributed by atoms with Crippen LogP contribution in [0.25, 0.3) is 0 Å². The molecule has 0 radical (unpaired) electrons. The Bertz CT molecular complexity index is 999. The van der Waals surface area contributed by atoms with Gasteiger partial charge in [0.1, 0.15) is 6.26 Å². The van der Waals surface area contributed by atoms with E-state index in [9.17, 15) is 9.59 Å². The van der Waals surface area contributed by atoms with Crippen LogP contribution in [0.15, 0.2) is 83.7 Å². The Morgan fingerprint density at radius 2 is 1.79 bits per heavy atom. The molecule has 0 spiro atoms. The van der Waals surface area contributed by atoms with Gasteiger partial charge in [0.25, 0.3) is 5.91 Å². The van der Waals surface area contributed by atoms with E-state index in [1.807, 2.05) is 48.5 Å². The Kier molecular flexibility index (Phi) is 7.93. The van der Waals surface area contributed by atoms with Crippen molar-refractivity contribution < 1.29 is 18.7 Å². The molecule has 2 amide bonds. The number of carbonyl (C=O) groups is 2. The van der Waals surface area contributed by atoms with Gasteiger partial charge in [-0.2, -0.15) is 0 Å². The summed E-state index contributed by atoms with van der Waals surface area (Å²) < 4.78 is 10.8. The van der Waals surface area contributed by atoms with Gasteiger partial charge in [-0.1, -0.05) is 60.7 Å². The van der Waals surface area contributed by atoms with Crippen molar-refractivity contribution in [1.82, 2.24) is 10.2 Å². The smallest absolute Gasteiger partial charge is 0.257 e. The number of ether oxygens (including phenoxy) is 1. The summed E-state index contributed by atoms with van der Waals surface area (Å²) in [6.07, 6.45) is 5.78. The lowest BCUT2D eigenvalue weighted by molar-refractivity contribution is -0.122. The second-order valence-corrected chi connectivity index (χ2v) is 8.37. The minimum atomic E-state index is -0.143. The average Bonchev–Trinajstić information content (AvgIpc) is 3.57. The molecule has 0 bridgehead atoms. The molecule has 1 saturated heterocycles. The topological polar surface area (TPSA) is 71.8 Å². The van der Waals surface area contributed by atoms with Crippen molar-refractivity contribution >= 4 is 11.8 Å². The standard InChI is InChI=1S/C27H30N2O4/c30-26(28-25(22-10-5-2-6-11-22)18-21-8-3-1-4-9-21)13-15-29(19-24-12-7-16-33-24)27(31)23-14-17-32-20-23/h1-6,8-11,14,17,20,24-25H,7,12-13,15-16,18-19H2,(H,28,30). The Balaban J connectivity index is 1.40. The SMILES string of the molecule is O=C(CCN(CC1CCCO1)C(=O)c1ccoc1)NC(Cc1ccccc1)c1ccccc1. The summed E-state index contributed by atoms with van der Waals surface area (Å²) in [4.78, 5) is 27.6. The maximum absolute atomic E-state index is 13.0. The van der Waals surface area contributed by atoms with Gasteiger partial charge in [0.2, 0.25) is 5.91 Å². The molecule has 1 aliphatic rings. The van der Waals surface area contributed by atoms with Crippen molar-refractivity contribution in [2.24, 2.45) is 0 Å². The van der Waals surface area contributed by atoms with Gasteiger partial charge in [-0.05, 0) is 36.5 Å². The summed E-state index contributed by atoms with van der Waals surface area (Å²) in [6, 6.07) is 21.6. The first-order chi connectivity index (χ1) is 16.2. The molecule has 2 heterocycles. The molecule has 1 aromatic heterocycles. The van der Waals surface area contributed by atoms with Gasteiger partial charge in [-0.15, -0.1) is 0 Å². The van der Waals surface area contributed by atoms with Crippen molar-refractivity contribution in [3.05, 3.63) is 95.9 Å². The first-order valence-electron chi connectivity index (χ1n) is 11.5. The highest BCUT2D eigenvalue weighted by atomic mass is 16.5. The van der Waals surface area contributed by atoms with Crippen molar-refractivity contribution in [2.75, 3.05) is 19.7 Å². The summed E-state index contributed by atoms with van der Waals surface area (Å²) in [5, 5.41) is 3.18. The number of hydrogen-bond donors (Lipinski definition) is 1. The van der Waals surface area contributed by atoms with E-state index in [0.29, 0.717) is 25.1 Å². The van der Waals surface area contributed by atoms with Crippen molar-refractivity contribution in [3.8, 4) is 0 Å². The number of carbonyl (C=O) groups excluding carboxylic acids is 2. The van der Waals surface area contributed by atoms with Crippen LogP contribution in [0.5, 0.6) is 0 Å². The van der Waals surface area contributed by atoms with E-state index < -0.39 is 0 Å². The first kappa shape index (κ1) is 22.8. The molecule has 2 atom stereocenters. The summed E-state index contributed by atoms with van der Waals surface area (Å²) >= 11 is 0. The highest BCUT2D eigenvalue weighted by Crippen LogP contribution is 2.19. The second-order valence-electron chi connectivity index (χ2n) is 8.37. The zero-order chi connectivity index (χ0) is 22.9. The summed E-state index contributed by atoms with van der Waals surface area (Å²) in [7, 11) is 0. The fraction of sp³-hybridized carbons (Fsp3) is 0.333. The molecule has 3 aromatic rings. The Morgan fingerprint density at radius 3 is 2.45 bits per heavy atom. The molecule has 33 heavy (non-hydrogen) atoms. The number of amides is 2. The minimum absolute atomic E-state index is 0.0130. The molecule has 6 nitrogen and oxygen atoms in total. The Hall–Kier alpha value is -3.38. The van der Waals surface area contributed by atoms with E-state index in [4.69, 9.17) is 9.15 Å². The molecule has 0 saturated carbocycles. The molecule has 0 aliphatic carbocycles. The third-order valence-corrected chi connectivity index (χ3v) is 5.93. The van der Waals surface area contributed by atoms with Gasteiger partial charge in [-0.3, -0.25) is 9.59 Å². The highest BCUT2D eigenvalue weighted by molar-refractivity contribution is 5.94. The third kappa shape index (κ3) is 6.56. The minimum Gasteiger partial charge on any atom is -0.472 e. The van der Waals surface area contributed by atoms with Crippen LogP contribution < -0.4 is 5.32 Å². The largest absolute Gasteiger partial charge is 0.472 e. The van der Waals surface area contributed by atoms with Crippen LogP contribution in [-0.4, -0.2) is 42.5 Å². The van der Waals surface area contributed by atoms with E-state index in [1.165, 1.54) is 12.5 Å². The quantitative estimate of drug-likeness (QED) is 0.501. The van der Waals surface area contributed by atoms with Crippen molar-refractivity contribution in [3.63, 3.8) is 0 Å². The Labute approximate surface area is 194 Å². The van der Waals surface area contributed by atoms with Crippen LogP contribution in [-0.2, 0) is 16.0 Å². The van der Waals surface area contributed by atoms with E-state index >= 15 is 0 Å². The molecule has 1 fully saturated rings. The van der Waals surface area contributed by atoms with Crippen LogP contribution in [0, 0.1) is 0 Å². The predicted molar refractivity (Wildman–Crippen MR) is 126 cm³/mol. The highest BCUT2D eigenvalue weighted by Gasteiger charge is 2.25. The first-order valence-corrected chi connectivity index (χ1v) is 11.5. The lowest BCUT2D eigenvalue weighted by atomic mass is 9.98. The van der Waals surface area contributed by atoms with Gasteiger partial charge in [0.05, 0.1) is 24.0 Å². The van der Waals surface area contributed by atoms with Crippen molar-refractivity contribution in [2.45, 2.75) is 37.8 Å². The number of furan rings is 1. The molecule has 4 rings (SSSR count). The molecule has 6 heteroatoms. The van der Waals surface area contributed by atoms with Gasteiger partial charge in [0.15, 0.2) is 0 Å². The number of benzene rings is 2. The average molecular weight is 447 g/mol. The molecule has 2 aromatic carbocycles.